The first-order chi connectivity index (χ1) is 11.0. The molecule has 4 saturated carbocycles. The lowest BCUT2D eigenvalue weighted by Gasteiger charge is -2.60. The third-order valence-corrected chi connectivity index (χ3v) is 6.96. The zero-order valence-corrected chi connectivity index (χ0v) is 15.1. The van der Waals surface area contributed by atoms with Crippen LogP contribution >= 0.6 is 15.9 Å². The molecule has 0 spiro atoms. The van der Waals surface area contributed by atoms with E-state index in [1.807, 2.05) is 0 Å². The zero-order valence-electron chi connectivity index (χ0n) is 13.5. The number of benzene rings is 1. The Morgan fingerprint density at radius 2 is 1.78 bits per heavy atom. The van der Waals surface area contributed by atoms with E-state index in [1.165, 1.54) is 50.7 Å². The largest absolute Gasteiger partial charge is 0.333 e. The molecular weight excluding hydrogens is 357 g/mol. The van der Waals surface area contributed by atoms with Crippen LogP contribution in [-0.2, 0) is 0 Å². The van der Waals surface area contributed by atoms with Crippen LogP contribution in [0.25, 0.3) is 0 Å². The van der Waals surface area contributed by atoms with Gasteiger partial charge < -0.3 is 4.90 Å². The summed E-state index contributed by atoms with van der Waals surface area (Å²) in [5.74, 6) is 2.16. The summed E-state index contributed by atoms with van der Waals surface area (Å²) in [4.78, 5) is 15.3. The van der Waals surface area contributed by atoms with Crippen molar-refractivity contribution in [1.82, 2.24) is 4.90 Å². The van der Waals surface area contributed by atoms with Crippen molar-refractivity contribution in [2.45, 2.75) is 51.0 Å². The molecule has 0 radical (unpaired) electrons. The van der Waals surface area contributed by atoms with Gasteiger partial charge in [-0.3, -0.25) is 4.79 Å². The topological polar surface area (TPSA) is 20.3 Å². The minimum atomic E-state index is -0.314. The van der Waals surface area contributed by atoms with Crippen LogP contribution in [0.3, 0.4) is 0 Å². The molecular formula is C19H23BrFNO. The highest BCUT2D eigenvalue weighted by molar-refractivity contribution is 9.10. The van der Waals surface area contributed by atoms with Crippen LogP contribution in [-0.4, -0.2) is 22.9 Å². The number of nitrogens with zero attached hydrogens (tertiary/aromatic N) is 1. The number of hydrogen-bond acceptors (Lipinski definition) is 1. The lowest BCUT2D eigenvalue weighted by atomic mass is 9.52. The standard InChI is InChI=1S/C19H23BrFNO/c1-2-22(18(23)16-4-3-15(21)8-17(16)20)19-9-12-5-13(10-19)7-14(6-12)11-19/h3-4,8,12-14H,2,5-7,9-11H2,1H3. The highest BCUT2D eigenvalue weighted by atomic mass is 79.9. The average molecular weight is 380 g/mol. The average Bonchev–Trinajstić information content (AvgIpc) is 2.45. The maximum absolute atomic E-state index is 13.4. The number of halogens is 2. The number of rotatable bonds is 3. The van der Waals surface area contributed by atoms with Gasteiger partial charge in [-0.1, -0.05) is 0 Å². The summed E-state index contributed by atoms with van der Waals surface area (Å²) in [6.45, 7) is 2.81. The minimum Gasteiger partial charge on any atom is -0.333 e. The van der Waals surface area contributed by atoms with E-state index < -0.39 is 0 Å². The van der Waals surface area contributed by atoms with Crippen LogP contribution in [0.2, 0.25) is 0 Å². The molecule has 0 aliphatic heterocycles. The zero-order chi connectivity index (χ0) is 16.2. The number of carbonyl (C=O) groups excluding carboxylic acids is 1. The minimum absolute atomic E-state index is 0.0500. The monoisotopic (exact) mass is 379 g/mol. The SMILES string of the molecule is CCN(C(=O)c1ccc(F)cc1Br)C12CC3CC(CC(C3)C1)C2. The molecule has 4 aliphatic carbocycles. The fourth-order valence-corrected chi connectivity index (χ4v) is 6.42. The molecule has 0 N–H and O–H groups in total. The summed E-state index contributed by atoms with van der Waals surface area (Å²) in [6.07, 6.45) is 7.59. The quantitative estimate of drug-likeness (QED) is 0.721. The van der Waals surface area contributed by atoms with Gasteiger partial charge in [0, 0.05) is 16.6 Å². The van der Waals surface area contributed by atoms with E-state index in [4.69, 9.17) is 0 Å². The predicted molar refractivity (Wildman–Crippen MR) is 91.7 cm³/mol. The Bertz CT molecular complexity index is 609. The van der Waals surface area contributed by atoms with Crippen molar-refractivity contribution in [1.29, 1.82) is 0 Å². The van der Waals surface area contributed by atoms with E-state index in [0.29, 0.717) is 10.0 Å². The van der Waals surface area contributed by atoms with E-state index in [1.54, 1.807) is 6.07 Å². The van der Waals surface area contributed by atoms with Gasteiger partial charge in [-0.05, 0) is 97.3 Å². The molecule has 4 heteroatoms. The molecule has 1 aromatic carbocycles. The van der Waals surface area contributed by atoms with Gasteiger partial charge in [0.2, 0.25) is 0 Å². The van der Waals surface area contributed by atoms with E-state index >= 15 is 0 Å². The van der Waals surface area contributed by atoms with Gasteiger partial charge in [0.15, 0.2) is 0 Å². The lowest BCUT2D eigenvalue weighted by molar-refractivity contribution is -0.0731. The third-order valence-electron chi connectivity index (χ3n) is 6.30. The Kier molecular flexibility index (Phi) is 3.79. The van der Waals surface area contributed by atoms with Crippen LogP contribution in [0.4, 0.5) is 4.39 Å². The summed E-state index contributed by atoms with van der Waals surface area (Å²) in [5, 5.41) is 0. The second kappa shape index (κ2) is 5.58. The third kappa shape index (κ3) is 2.54. The van der Waals surface area contributed by atoms with Crippen molar-refractivity contribution in [3.63, 3.8) is 0 Å². The van der Waals surface area contributed by atoms with Crippen molar-refractivity contribution in [2.75, 3.05) is 6.54 Å². The highest BCUT2D eigenvalue weighted by Crippen LogP contribution is 2.58. The normalized spacial score (nSPS) is 34.7. The Hall–Kier alpha value is -0.900. The Morgan fingerprint density at radius 3 is 2.26 bits per heavy atom. The molecule has 0 unspecified atom stereocenters. The molecule has 0 heterocycles. The second-order valence-corrected chi connectivity index (χ2v) is 8.67. The molecule has 0 saturated heterocycles. The van der Waals surface area contributed by atoms with Crippen LogP contribution < -0.4 is 0 Å². The fraction of sp³-hybridized carbons (Fsp3) is 0.632. The van der Waals surface area contributed by atoms with Gasteiger partial charge in [0.05, 0.1) is 5.56 Å². The van der Waals surface area contributed by atoms with Gasteiger partial charge in [-0.25, -0.2) is 4.39 Å². The Labute approximate surface area is 145 Å². The summed E-state index contributed by atoms with van der Waals surface area (Å²) in [5.41, 5.74) is 0.637. The summed E-state index contributed by atoms with van der Waals surface area (Å²) < 4.78 is 13.9. The lowest BCUT2D eigenvalue weighted by Crippen LogP contribution is -2.61. The molecule has 4 aliphatic rings. The maximum atomic E-state index is 13.4. The van der Waals surface area contributed by atoms with Crippen LogP contribution in [0.1, 0.15) is 55.8 Å². The van der Waals surface area contributed by atoms with Crippen molar-refractivity contribution in [2.24, 2.45) is 17.8 Å². The number of hydrogen-bond donors (Lipinski definition) is 0. The molecule has 0 aromatic heterocycles. The molecule has 4 fully saturated rings. The van der Waals surface area contributed by atoms with E-state index in [0.717, 1.165) is 24.3 Å². The number of carbonyl (C=O) groups is 1. The molecule has 1 aromatic rings. The van der Waals surface area contributed by atoms with Gasteiger partial charge in [-0.15, -0.1) is 0 Å². The van der Waals surface area contributed by atoms with E-state index in [9.17, 15) is 9.18 Å². The summed E-state index contributed by atoms with van der Waals surface area (Å²) in [7, 11) is 0. The molecule has 4 bridgehead atoms. The smallest absolute Gasteiger partial charge is 0.255 e. The molecule has 5 rings (SSSR count). The molecule has 23 heavy (non-hydrogen) atoms. The number of amides is 1. The maximum Gasteiger partial charge on any atom is 0.255 e. The van der Waals surface area contributed by atoms with Crippen molar-refractivity contribution < 1.29 is 9.18 Å². The summed E-state index contributed by atoms with van der Waals surface area (Å²) >= 11 is 3.37. The van der Waals surface area contributed by atoms with Gasteiger partial charge in [0.1, 0.15) is 5.82 Å². The Morgan fingerprint density at radius 1 is 1.22 bits per heavy atom. The molecule has 0 atom stereocenters. The first-order valence-electron chi connectivity index (χ1n) is 8.78. The molecule has 1 amide bonds. The van der Waals surface area contributed by atoms with Gasteiger partial charge in [0.25, 0.3) is 5.91 Å². The van der Waals surface area contributed by atoms with Crippen molar-refractivity contribution in [3.8, 4) is 0 Å². The summed E-state index contributed by atoms with van der Waals surface area (Å²) in [6, 6.07) is 4.39. The van der Waals surface area contributed by atoms with Crippen LogP contribution in [0, 0.1) is 23.6 Å². The second-order valence-electron chi connectivity index (χ2n) is 7.82. The predicted octanol–water partition coefficient (Wildman–Crippen LogP) is 5.02. The van der Waals surface area contributed by atoms with E-state index in [-0.39, 0.29) is 17.3 Å². The van der Waals surface area contributed by atoms with Gasteiger partial charge in [-0.2, -0.15) is 0 Å². The molecule has 2 nitrogen and oxygen atoms in total. The van der Waals surface area contributed by atoms with Crippen LogP contribution in [0.5, 0.6) is 0 Å². The van der Waals surface area contributed by atoms with E-state index in [2.05, 4.69) is 27.8 Å². The van der Waals surface area contributed by atoms with Crippen molar-refractivity contribution in [3.05, 3.63) is 34.1 Å². The highest BCUT2D eigenvalue weighted by Gasteiger charge is 2.54. The first kappa shape index (κ1) is 15.6. The first-order valence-corrected chi connectivity index (χ1v) is 9.57. The molecule has 124 valence electrons. The van der Waals surface area contributed by atoms with Crippen LogP contribution in [0.15, 0.2) is 22.7 Å². The Balaban J connectivity index is 1.67. The fourth-order valence-electron chi connectivity index (χ4n) is 5.90. The van der Waals surface area contributed by atoms with Gasteiger partial charge >= 0.3 is 0 Å². The van der Waals surface area contributed by atoms with Crippen molar-refractivity contribution >= 4 is 21.8 Å².